The number of nitrogens with one attached hydrogen (secondary N) is 2. The number of amides is 1. The monoisotopic (exact) mass is 310 g/mol. The van der Waals surface area contributed by atoms with E-state index in [0.717, 1.165) is 5.69 Å². The Bertz CT molecular complexity index is 802. The zero-order chi connectivity index (χ0) is 16.1. The van der Waals surface area contributed by atoms with Crippen molar-refractivity contribution in [1.29, 1.82) is 0 Å². The lowest BCUT2D eigenvalue weighted by atomic mass is 10.3. The summed E-state index contributed by atoms with van der Waals surface area (Å²) in [5, 5.41) is 9.41. The maximum atomic E-state index is 12.1. The van der Waals surface area contributed by atoms with E-state index in [9.17, 15) is 4.79 Å². The number of hydrogen-bond acceptors (Lipinski definition) is 7. The maximum absolute atomic E-state index is 12.1. The SMILES string of the molecule is Cc1cc(NC(=O)c2cc(NCc3ccccn3)ncn2)no1. The van der Waals surface area contributed by atoms with Crippen molar-refractivity contribution in [2.24, 2.45) is 0 Å². The quantitative estimate of drug-likeness (QED) is 0.742. The molecule has 2 N–H and O–H groups in total. The highest BCUT2D eigenvalue weighted by Gasteiger charge is 2.11. The Morgan fingerprint density at radius 2 is 2.09 bits per heavy atom. The third-order valence-electron chi connectivity index (χ3n) is 2.95. The van der Waals surface area contributed by atoms with E-state index in [1.165, 1.54) is 6.33 Å². The topological polar surface area (TPSA) is 106 Å². The number of pyridine rings is 1. The maximum Gasteiger partial charge on any atom is 0.275 e. The van der Waals surface area contributed by atoms with Crippen LogP contribution >= 0.6 is 0 Å². The molecule has 0 bridgehead atoms. The molecule has 0 aliphatic heterocycles. The van der Waals surface area contributed by atoms with Gasteiger partial charge in [0.1, 0.15) is 23.6 Å². The minimum Gasteiger partial charge on any atom is -0.364 e. The molecular weight excluding hydrogens is 296 g/mol. The highest BCUT2D eigenvalue weighted by molar-refractivity contribution is 6.02. The number of nitrogens with zero attached hydrogens (tertiary/aromatic N) is 4. The van der Waals surface area contributed by atoms with Gasteiger partial charge in [0.25, 0.3) is 5.91 Å². The third-order valence-corrected chi connectivity index (χ3v) is 2.95. The standard InChI is InChI=1S/C15H14N6O2/c1-10-6-14(21-23-10)20-15(22)12-7-13(19-9-18-12)17-8-11-4-2-3-5-16-11/h2-7,9H,8H2,1H3,(H,17,18,19)(H,20,21,22). The van der Waals surface area contributed by atoms with E-state index in [1.807, 2.05) is 18.2 Å². The molecule has 0 atom stereocenters. The molecule has 0 radical (unpaired) electrons. The molecule has 1 amide bonds. The molecule has 0 aliphatic rings. The first kappa shape index (κ1) is 14.6. The van der Waals surface area contributed by atoms with Crippen LogP contribution < -0.4 is 10.6 Å². The predicted octanol–water partition coefficient (Wildman–Crippen LogP) is 2.03. The first-order valence-corrected chi connectivity index (χ1v) is 6.91. The molecular formula is C15H14N6O2. The molecule has 23 heavy (non-hydrogen) atoms. The molecule has 116 valence electrons. The number of rotatable bonds is 5. The van der Waals surface area contributed by atoms with Gasteiger partial charge in [0.15, 0.2) is 5.82 Å². The zero-order valence-corrected chi connectivity index (χ0v) is 12.4. The van der Waals surface area contributed by atoms with E-state index in [0.29, 0.717) is 23.9 Å². The van der Waals surface area contributed by atoms with Crippen LogP contribution in [0.25, 0.3) is 0 Å². The summed E-state index contributed by atoms with van der Waals surface area (Å²) < 4.78 is 4.90. The minimum absolute atomic E-state index is 0.226. The van der Waals surface area contributed by atoms with Crippen LogP contribution in [0, 0.1) is 6.92 Å². The molecule has 0 spiro atoms. The Balaban J connectivity index is 1.65. The van der Waals surface area contributed by atoms with Gasteiger partial charge < -0.3 is 15.2 Å². The molecule has 3 aromatic heterocycles. The van der Waals surface area contributed by atoms with E-state index in [2.05, 4.69) is 30.7 Å². The summed E-state index contributed by atoms with van der Waals surface area (Å²) in [6.07, 6.45) is 3.04. The molecule has 0 aliphatic carbocycles. The molecule has 8 nitrogen and oxygen atoms in total. The van der Waals surface area contributed by atoms with Crippen molar-refractivity contribution in [1.82, 2.24) is 20.1 Å². The number of carbonyl (C=O) groups excluding carboxylic acids is 1. The largest absolute Gasteiger partial charge is 0.364 e. The highest BCUT2D eigenvalue weighted by atomic mass is 16.5. The summed E-state index contributed by atoms with van der Waals surface area (Å²) in [5.41, 5.74) is 1.10. The van der Waals surface area contributed by atoms with Crippen molar-refractivity contribution in [3.05, 3.63) is 60.0 Å². The average molecular weight is 310 g/mol. The first-order chi connectivity index (χ1) is 11.2. The Kier molecular flexibility index (Phi) is 4.23. The number of carbonyl (C=O) groups is 1. The minimum atomic E-state index is -0.387. The number of hydrogen-bond donors (Lipinski definition) is 2. The van der Waals surface area contributed by atoms with Crippen LogP contribution in [0.2, 0.25) is 0 Å². The van der Waals surface area contributed by atoms with Crippen molar-refractivity contribution in [2.75, 3.05) is 10.6 Å². The van der Waals surface area contributed by atoms with Crippen LogP contribution in [0.5, 0.6) is 0 Å². The summed E-state index contributed by atoms with van der Waals surface area (Å²) in [5.74, 6) is 1.10. The van der Waals surface area contributed by atoms with Gasteiger partial charge in [-0.05, 0) is 19.1 Å². The molecule has 0 unspecified atom stereocenters. The zero-order valence-electron chi connectivity index (χ0n) is 12.4. The molecule has 3 aromatic rings. The Morgan fingerprint density at radius 3 is 2.83 bits per heavy atom. The fourth-order valence-electron chi connectivity index (χ4n) is 1.87. The summed E-state index contributed by atoms with van der Waals surface area (Å²) in [6, 6.07) is 8.84. The van der Waals surface area contributed by atoms with E-state index < -0.39 is 0 Å². The van der Waals surface area contributed by atoms with Gasteiger partial charge in [-0.25, -0.2) is 9.97 Å². The van der Waals surface area contributed by atoms with E-state index in [4.69, 9.17) is 4.52 Å². The first-order valence-electron chi connectivity index (χ1n) is 6.91. The summed E-state index contributed by atoms with van der Waals surface area (Å²) in [4.78, 5) is 24.4. The Morgan fingerprint density at radius 1 is 1.17 bits per heavy atom. The Labute approximate surface area is 132 Å². The summed E-state index contributed by atoms with van der Waals surface area (Å²) >= 11 is 0. The molecule has 0 saturated carbocycles. The van der Waals surface area contributed by atoms with Crippen molar-refractivity contribution in [3.63, 3.8) is 0 Å². The van der Waals surface area contributed by atoms with Crippen LogP contribution in [0.4, 0.5) is 11.6 Å². The van der Waals surface area contributed by atoms with Gasteiger partial charge in [-0.15, -0.1) is 0 Å². The fourth-order valence-corrected chi connectivity index (χ4v) is 1.87. The summed E-state index contributed by atoms with van der Waals surface area (Å²) in [7, 11) is 0. The van der Waals surface area contributed by atoms with Crippen LogP contribution in [0.3, 0.4) is 0 Å². The molecule has 0 saturated heterocycles. The molecule has 3 heterocycles. The van der Waals surface area contributed by atoms with Crippen molar-refractivity contribution in [2.45, 2.75) is 13.5 Å². The smallest absolute Gasteiger partial charge is 0.275 e. The molecule has 0 aromatic carbocycles. The average Bonchev–Trinajstić information content (AvgIpc) is 2.99. The second-order valence-electron chi connectivity index (χ2n) is 4.74. The van der Waals surface area contributed by atoms with Gasteiger partial charge in [-0.3, -0.25) is 9.78 Å². The molecule has 0 fully saturated rings. The third kappa shape index (κ3) is 3.88. The van der Waals surface area contributed by atoms with Crippen molar-refractivity contribution < 1.29 is 9.32 Å². The number of anilines is 2. The second kappa shape index (κ2) is 6.65. The predicted molar refractivity (Wildman–Crippen MR) is 82.8 cm³/mol. The molecule has 8 heteroatoms. The van der Waals surface area contributed by atoms with Crippen LogP contribution in [0.15, 0.2) is 47.4 Å². The van der Waals surface area contributed by atoms with Gasteiger partial charge in [0, 0.05) is 18.3 Å². The lowest BCUT2D eigenvalue weighted by Gasteiger charge is -2.06. The molecule has 3 rings (SSSR count). The summed E-state index contributed by atoms with van der Waals surface area (Å²) in [6.45, 7) is 2.24. The van der Waals surface area contributed by atoms with Gasteiger partial charge in [0.2, 0.25) is 0 Å². The Hall–Kier alpha value is -3.29. The van der Waals surface area contributed by atoms with Crippen LogP contribution in [-0.4, -0.2) is 26.0 Å². The fraction of sp³-hybridized carbons (Fsp3) is 0.133. The van der Waals surface area contributed by atoms with Gasteiger partial charge >= 0.3 is 0 Å². The van der Waals surface area contributed by atoms with Gasteiger partial charge in [-0.2, -0.15) is 0 Å². The van der Waals surface area contributed by atoms with Crippen molar-refractivity contribution >= 4 is 17.5 Å². The van der Waals surface area contributed by atoms with Gasteiger partial charge in [0.05, 0.1) is 12.2 Å². The van der Waals surface area contributed by atoms with Crippen LogP contribution in [0.1, 0.15) is 21.9 Å². The number of aryl methyl sites for hydroxylation is 1. The van der Waals surface area contributed by atoms with Gasteiger partial charge in [-0.1, -0.05) is 11.2 Å². The second-order valence-corrected chi connectivity index (χ2v) is 4.74. The number of aromatic nitrogens is 4. The normalized spacial score (nSPS) is 10.3. The van der Waals surface area contributed by atoms with Crippen molar-refractivity contribution in [3.8, 4) is 0 Å². The van der Waals surface area contributed by atoms with E-state index in [-0.39, 0.29) is 11.6 Å². The van der Waals surface area contributed by atoms with E-state index >= 15 is 0 Å². The van der Waals surface area contributed by atoms with E-state index in [1.54, 1.807) is 25.3 Å². The van der Waals surface area contributed by atoms with Crippen LogP contribution in [-0.2, 0) is 6.54 Å². The lowest BCUT2D eigenvalue weighted by Crippen LogP contribution is -2.15. The lowest BCUT2D eigenvalue weighted by molar-refractivity contribution is 0.102. The highest BCUT2D eigenvalue weighted by Crippen LogP contribution is 2.10.